The lowest BCUT2D eigenvalue weighted by Gasteiger charge is -2.15. The van der Waals surface area contributed by atoms with Crippen LogP contribution in [0.2, 0.25) is 0 Å². The van der Waals surface area contributed by atoms with Gasteiger partial charge >= 0.3 is 0 Å². The zero-order valence-corrected chi connectivity index (χ0v) is 17.8. The summed E-state index contributed by atoms with van der Waals surface area (Å²) in [6.07, 6.45) is 5.12. The minimum atomic E-state index is -0.0670. The van der Waals surface area contributed by atoms with E-state index < -0.39 is 0 Å². The first-order chi connectivity index (χ1) is 14.7. The number of fused-ring (bicyclic) bond motifs is 3. The van der Waals surface area contributed by atoms with Crippen LogP contribution in [-0.2, 0) is 24.2 Å². The second-order valence-corrected chi connectivity index (χ2v) is 7.74. The topological polar surface area (TPSA) is 55.6 Å². The van der Waals surface area contributed by atoms with E-state index in [0.717, 1.165) is 29.9 Å². The number of amides is 1. The molecular weight excluding hydrogens is 374 g/mol. The van der Waals surface area contributed by atoms with Crippen LogP contribution in [0.4, 0.5) is 0 Å². The van der Waals surface area contributed by atoms with Gasteiger partial charge in [0.15, 0.2) is 0 Å². The number of nitrogens with one attached hydrogen (secondary N) is 1. The SMILES string of the molecule is CCOc1ccc(/C(C)=N/NC(=O)CCn2c3c(c4ccccc42)CCCC3)cc1. The van der Waals surface area contributed by atoms with Crippen LogP contribution in [0.1, 0.15) is 49.9 Å². The number of nitrogens with zero attached hydrogens (tertiary/aromatic N) is 2. The van der Waals surface area contributed by atoms with Crippen LogP contribution >= 0.6 is 0 Å². The fraction of sp³-hybridized carbons (Fsp3) is 0.360. The molecule has 1 N–H and O–H groups in total. The van der Waals surface area contributed by atoms with Crippen LogP contribution < -0.4 is 10.2 Å². The number of carbonyl (C=O) groups excluding carboxylic acids is 1. The van der Waals surface area contributed by atoms with E-state index in [0.29, 0.717) is 19.6 Å². The highest BCUT2D eigenvalue weighted by Gasteiger charge is 2.19. The fourth-order valence-corrected chi connectivity index (χ4v) is 4.28. The van der Waals surface area contributed by atoms with E-state index in [-0.39, 0.29) is 5.91 Å². The van der Waals surface area contributed by atoms with Crippen molar-refractivity contribution in [1.29, 1.82) is 0 Å². The van der Waals surface area contributed by atoms with Gasteiger partial charge in [0.1, 0.15) is 5.75 Å². The molecule has 2 aromatic carbocycles. The summed E-state index contributed by atoms with van der Waals surface area (Å²) >= 11 is 0. The van der Waals surface area contributed by atoms with Gasteiger partial charge < -0.3 is 9.30 Å². The molecule has 0 saturated carbocycles. The van der Waals surface area contributed by atoms with Crippen molar-refractivity contribution >= 4 is 22.5 Å². The van der Waals surface area contributed by atoms with Gasteiger partial charge in [0.2, 0.25) is 5.91 Å². The van der Waals surface area contributed by atoms with Crippen molar-refractivity contribution < 1.29 is 9.53 Å². The Morgan fingerprint density at radius 3 is 2.67 bits per heavy atom. The van der Waals surface area contributed by atoms with Crippen LogP contribution in [0.3, 0.4) is 0 Å². The average Bonchev–Trinajstić information content (AvgIpc) is 3.10. The smallest absolute Gasteiger partial charge is 0.241 e. The molecule has 0 spiro atoms. The van der Waals surface area contributed by atoms with Crippen molar-refractivity contribution in [1.82, 2.24) is 9.99 Å². The maximum Gasteiger partial charge on any atom is 0.241 e. The first kappa shape index (κ1) is 20.2. The number of benzene rings is 2. The molecule has 1 aromatic heterocycles. The molecule has 1 aliphatic rings. The summed E-state index contributed by atoms with van der Waals surface area (Å²) in [7, 11) is 0. The summed E-state index contributed by atoms with van der Waals surface area (Å²) < 4.78 is 7.80. The number of aromatic nitrogens is 1. The summed E-state index contributed by atoms with van der Waals surface area (Å²) in [4.78, 5) is 12.5. The van der Waals surface area contributed by atoms with Gasteiger partial charge in [-0.2, -0.15) is 5.10 Å². The van der Waals surface area contributed by atoms with Gasteiger partial charge in [-0.15, -0.1) is 0 Å². The lowest BCUT2D eigenvalue weighted by Crippen LogP contribution is -2.21. The molecule has 0 atom stereocenters. The molecule has 5 heteroatoms. The number of hydrazone groups is 1. The number of hydrogen-bond acceptors (Lipinski definition) is 3. The van der Waals surface area contributed by atoms with Gasteiger partial charge in [-0.25, -0.2) is 5.43 Å². The van der Waals surface area contributed by atoms with E-state index >= 15 is 0 Å². The Kier molecular flexibility index (Phi) is 6.17. The van der Waals surface area contributed by atoms with Crippen molar-refractivity contribution in [3.63, 3.8) is 0 Å². The highest BCUT2D eigenvalue weighted by Crippen LogP contribution is 2.32. The Bertz CT molecular complexity index is 1060. The van der Waals surface area contributed by atoms with E-state index in [9.17, 15) is 4.79 Å². The quantitative estimate of drug-likeness (QED) is 0.453. The van der Waals surface area contributed by atoms with Gasteiger partial charge in [-0.05, 0) is 81.0 Å². The summed E-state index contributed by atoms with van der Waals surface area (Å²) in [5.74, 6) is 0.767. The minimum Gasteiger partial charge on any atom is -0.494 e. The molecule has 0 saturated heterocycles. The molecule has 5 nitrogen and oxygen atoms in total. The van der Waals surface area contributed by atoms with Gasteiger partial charge in [-0.3, -0.25) is 4.79 Å². The number of rotatable bonds is 7. The summed E-state index contributed by atoms with van der Waals surface area (Å²) in [5, 5.41) is 5.63. The number of carbonyl (C=O) groups is 1. The third-order valence-corrected chi connectivity index (χ3v) is 5.78. The Hall–Kier alpha value is -3.08. The maximum atomic E-state index is 12.5. The van der Waals surface area contributed by atoms with Crippen molar-refractivity contribution in [2.75, 3.05) is 6.61 Å². The van der Waals surface area contributed by atoms with Crippen molar-refractivity contribution in [2.24, 2.45) is 5.10 Å². The van der Waals surface area contributed by atoms with E-state index in [1.54, 1.807) is 0 Å². The molecule has 0 aliphatic heterocycles. The number of para-hydroxylation sites is 1. The highest BCUT2D eigenvalue weighted by atomic mass is 16.5. The molecule has 3 aromatic rings. The highest BCUT2D eigenvalue weighted by molar-refractivity contribution is 5.99. The third-order valence-electron chi connectivity index (χ3n) is 5.78. The molecule has 0 radical (unpaired) electrons. The first-order valence-electron chi connectivity index (χ1n) is 10.8. The number of ether oxygens (including phenoxy) is 1. The average molecular weight is 404 g/mol. The monoisotopic (exact) mass is 403 g/mol. The van der Waals surface area contributed by atoms with Gasteiger partial charge in [-0.1, -0.05) is 18.2 Å². The Morgan fingerprint density at radius 1 is 1.10 bits per heavy atom. The molecule has 30 heavy (non-hydrogen) atoms. The van der Waals surface area contributed by atoms with E-state index in [1.807, 2.05) is 38.1 Å². The Balaban J connectivity index is 1.41. The Labute approximate surface area is 177 Å². The lowest BCUT2D eigenvalue weighted by molar-refractivity contribution is -0.121. The van der Waals surface area contributed by atoms with Crippen molar-refractivity contribution in [3.05, 3.63) is 65.4 Å². The van der Waals surface area contributed by atoms with Crippen LogP contribution in [0.25, 0.3) is 10.9 Å². The predicted molar refractivity (Wildman–Crippen MR) is 121 cm³/mol. The van der Waals surface area contributed by atoms with Gasteiger partial charge in [0.05, 0.1) is 12.3 Å². The molecule has 156 valence electrons. The van der Waals surface area contributed by atoms with Crippen LogP contribution in [0, 0.1) is 0 Å². The normalized spacial score (nSPS) is 13.9. The second kappa shape index (κ2) is 9.16. The number of hydrogen-bond donors (Lipinski definition) is 1. The summed E-state index contributed by atoms with van der Waals surface area (Å²) in [5.41, 5.74) is 8.57. The minimum absolute atomic E-state index is 0.0670. The zero-order chi connectivity index (χ0) is 20.9. The lowest BCUT2D eigenvalue weighted by atomic mass is 9.95. The zero-order valence-electron chi connectivity index (χ0n) is 17.8. The number of aryl methyl sites for hydroxylation is 2. The van der Waals surface area contributed by atoms with E-state index in [2.05, 4.69) is 39.4 Å². The summed E-state index contributed by atoms with van der Waals surface area (Å²) in [6, 6.07) is 16.3. The Morgan fingerprint density at radius 2 is 1.87 bits per heavy atom. The second-order valence-electron chi connectivity index (χ2n) is 7.74. The molecule has 0 unspecified atom stereocenters. The molecule has 1 heterocycles. The molecule has 4 rings (SSSR count). The van der Waals surface area contributed by atoms with Crippen LogP contribution in [0.5, 0.6) is 5.75 Å². The van der Waals surface area contributed by atoms with Crippen LogP contribution in [0.15, 0.2) is 53.6 Å². The van der Waals surface area contributed by atoms with E-state index in [1.165, 1.54) is 35.0 Å². The predicted octanol–water partition coefficient (Wildman–Crippen LogP) is 4.85. The first-order valence-corrected chi connectivity index (χ1v) is 10.8. The van der Waals surface area contributed by atoms with E-state index in [4.69, 9.17) is 4.74 Å². The van der Waals surface area contributed by atoms with Crippen molar-refractivity contribution in [2.45, 2.75) is 52.5 Å². The maximum absolute atomic E-state index is 12.5. The van der Waals surface area contributed by atoms with Crippen molar-refractivity contribution in [3.8, 4) is 5.75 Å². The molecular formula is C25H29N3O2. The van der Waals surface area contributed by atoms with Gasteiger partial charge in [0, 0.05) is 29.6 Å². The molecule has 1 amide bonds. The molecule has 1 aliphatic carbocycles. The molecule has 0 bridgehead atoms. The third kappa shape index (κ3) is 4.25. The fourth-order valence-electron chi connectivity index (χ4n) is 4.28. The summed E-state index contributed by atoms with van der Waals surface area (Å²) in [6.45, 7) is 5.18. The van der Waals surface area contributed by atoms with Gasteiger partial charge in [0.25, 0.3) is 0 Å². The largest absolute Gasteiger partial charge is 0.494 e. The van der Waals surface area contributed by atoms with Crippen LogP contribution in [-0.4, -0.2) is 22.8 Å². The standard InChI is InChI=1S/C25H29N3O2/c1-3-30-20-14-12-19(13-15-20)18(2)26-27-25(29)16-17-28-23-10-6-4-8-21(23)22-9-5-7-11-24(22)28/h4,6,8,10,12-15H,3,5,7,9,11,16-17H2,1-2H3,(H,27,29)/b26-18+. The molecule has 0 fully saturated rings.